The van der Waals surface area contributed by atoms with E-state index in [2.05, 4.69) is 5.32 Å². The molecule has 0 saturated carbocycles. The number of rotatable bonds is 6. The van der Waals surface area contributed by atoms with Gasteiger partial charge in [-0.05, 0) is 37.6 Å². The molecule has 0 aliphatic heterocycles. The highest BCUT2D eigenvalue weighted by Gasteiger charge is 2.05. The van der Waals surface area contributed by atoms with Crippen molar-refractivity contribution in [1.29, 1.82) is 0 Å². The van der Waals surface area contributed by atoms with Crippen molar-refractivity contribution in [3.05, 3.63) is 71.8 Å². The molecule has 22 heavy (non-hydrogen) atoms. The largest absolute Gasteiger partial charge is 0.491 e. The molecule has 0 fully saturated rings. The Morgan fingerprint density at radius 3 is 2.50 bits per heavy atom. The van der Waals surface area contributed by atoms with Crippen molar-refractivity contribution in [2.75, 3.05) is 6.61 Å². The maximum atomic E-state index is 11.8. The first kappa shape index (κ1) is 15.8. The first-order valence-electron chi connectivity index (χ1n) is 7.36. The average Bonchev–Trinajstić information content (AvgIpc) is 2.53. The monoisotopic (exact) mass is 295 g/mol. The number of hydrogen-bond donors (Lipinski definition) is 1. The van der Waals surface area contributed by atoms with Crippen molar-refractivity contribution in [3.63, 3.8) is 0 Å². The number of aryl methyl sites for hydroxylation is 1. The Kier molecular flexibility index (Phi) is 5.78. The van der Waals surface area contributed by atoms with Crippen LogP contribution < -0.4 is 10.1 Å². The van der Waals surface area contributed by atoms with E-state index in [1.807, 2.05) is 68.4 Å². The number of ether oxygens (including phenoxy) is 1. The average molecular weight is 295 g/mol. The highest BCUT2D eigenvalue weighted by Crippen LogP contribution is 2.11. The molecular formula is C19H21NO2. The Morgan fingerprint density at radius 1 is 1.14 bits per heavy atom. The highest BCUT2D eigenvalue weighted by atomic mass is 16.5. The maximum absolute atomic E-state index is 11.8. The topological polar surface area (TPSA) is 38.3 Å². The molecule has 0 spiro atoms. The van der Waals surface area contributed by atoms with Gasteiger partial charge in [0.05, 0.1) is 6.04 Å². The molecule has 1 atom stereocenters. The summed E-state index contributed by atoms with van der Waals surface area (Å²) in [5.41, 5.74) is 2.20. The van der Waals surface area contributed by atoms with Crippen LogP contribution in [0.3, 0.4) is 0 Å². The van der Waals surface area contributed by atoms with E-state index in [4.69, 9.17) is 4.74 Å². The molecule has 1 amide bonds. The predicted molar refractivity (Wildman–Crippen MR) is 89.8 cm³/mol. The van der Waals surface area contributed by atoms with Gasteiger partial charge in [-0.3, -0.25) is 4.79 Å². The van der Waals surface area contributed by atoms with Crippen LogP contribution in [0.2, 0.25) is 0 Å². The Balaban J connectivity index is 1.76. The molecule has 3 heteroatoms. The fourth-order valence-corrected chi connectivity index (χ4v) is 1.92. The molecule has 114 valence electrons. The van der Waals surface area contributed by atoms with Gasteiger partial charge in [-0.25, -0.2) is 0 Å². The summed E-state index contributed by atoms with van der Waals surface area (Å²) in [7, 11) is 0. The first-order chi connectivity index (χ1) is 10.6. The van der Waals surface area contributed by atoms with Gasteiger partial charge >= 0.3 is 0 Å². The zero-order valence-electron chi connectivity index (χ0n) is 13.0. The molecule has 0 aromatic heterocycles. The summed E-state index contributed by atoms with van der Waals surface area (Å²) in [6, 6.07) is 17.5. The van der Waals surface area contributed by atoms with E-state index in [1.54, 1.807) is 6.08 Å². The van der Waals surface area contributed by atoms with Crippen LogP contribution in [0, 0.1) is 6.92 Å². The number of hydrogen-bond acceptors (Lipinski definition) is 2. The van der Waals surface area contributed by atoms with Crippen molar-refractivity contribution in [3.8, 4) is 5.75 Å². The summed E-state index contributed by atoms with van der Waals surface area (Å²) < 4.78 is 5.65. The summed E-state index contributed by atoms with van der Waals surface area (Å²) in [5, 5.41) is 2.88. The zero-order chi connectivity index (χ0) is 15.8. The zero-order valence-corrected chi connectivity index (χ0v) is 13.0. The minimum Gasteiger partial charge on any atom is -0.491 e. The normalized spacial score (nSPS) is 12.1. The van der Waals surface area contributed by atoms with Gasteiger partial charge in [0.25, 0.3) is 0 Å². The van der Waals surface area contributed by atoms with E-state index in [1.165, 1.54) is 11.6 Å². The van der Waals surface area contributed by atoms with Crippen molar-refractivity contribution in [2.24, 2.45) is 0 Å². The molecule has 0 bridgehead atoms. The number of benzene rings is 2. The number of carbonyl (C=O) groups excluding carboxylic acids is 1. The van der Waals surface area contributed by atoms with Crippen molar-refractivity contribution >= 4 is 12.0 Å². The van der Waals surface area contributed by atoms with Crippen LogP contribution in [0.4, 0.5) is 0 Å². The van der Waals surface area contributed by atoms with Crippen LogP contribution in [-0.4, -0.2) is 18.6 Å². The number of amides is 1. The van der Waals surface area contributed by atoms with Crippen LogP contribution in [-0.2, 0) is 4.79 Å². The third kappa shape index (κ3) is 5.44. The lowest BCUT2D eigenvalue weighted by atomic mass is 10.2. The van der Waals surface area contributed by atoms with E-state index in [0.29, 0.717) is 6.61 Å². The molecule has 1 N–H and O–H groups in total. The van der Waals surface area contributed by atoms with Gasteiger partial charge in [-0.1, -0.05) is 48.0 Å². The van der Waals surface area contributed by atoms with E-state index in [0.717, 1.165) is 11.3 Å². The van der Waals surface area contributed by atoms with Gasteiger partial charge in [0.2, 0.25) is 5.91 Å². The van der Waals surface area contributed by atoms with Crippen molar-refractivity contribution in [2.45, 2.75) is 19.9 Å². The van der Waals surface area contributed by atoms with Crippen molar-refractivity contribution in [1.82, 2.24) is 5.32 Å². The van der Waals surface area contributed by atoms with Gasteiger partial charge in [-0.15, -0.1) is 0 Å². The van der Waals surface area contributed by atoms with Crippen molar-refractivity contribution < 1.29 is 9.53 Å². The van der Waals surface area contributed by atoms with Gasteiger partial charge in [0.1, 0.15) is 12.4 Å². The standard InChI is InChI=1S/C19H21NO2/c1-15-8-11-18(12-9-15)22-14-16(2)20-19(21)13-10-17-6-4-3-5-7-17/h3-13,16H,14H2,1-2H3,(H,20,21)/b13-10+/t16-/m0/s1. The third-order valence-electron chi connectivity index (χ3n) is 3.14. The lowest BCUT2D eigenvalue weighted by molar-refractivity contribution is -0.117. The van der Waals surface area contributed by atoms with E-state index in [-0.39, 0.29) is 11.9 Å². The van der Waals surface area contributed by atoms with Crippen LogP contribution in [0.25, 0.3) is 6.08 Å². The fourth-order valence-electron chi connectivity index (χ4n) is 1.92. The molecule has 0 saturated heterocycles. The second-order valence-electron chi connectivity index (χ2n) is 5.28. The minimum atomic E-state index is -0.121. The van der Waals surface area contributed by atoms with E-state index >= 15 is 0 Å². The second-order valence-corrected chi connectivity index (χ2v) is 5.28. The molecule has 2 aromatic rings. The molecule has 0 aliphatic rings. The first-order valence-corrected chi connectivity index (χ1v) is 7.36. The summed E-state index contributed by atoms with van der Waals surface area (Å²) in [4.78, 5) is 11.8. The van der Waals surface area contributed by atoms with Crippen LogP contribution in [0.5, 0.6) is 5.75 Å². The minimum absolute atomic E-state index is 0.0609. The maximum Gasteiger partial charge on any atom is 0.244 e. The smallest absolute Gasteiger partial charge is 0.244 e. The molecule has 0 radical (unpaired) electrons. The number of carbonyl (C=O) groups is 1. The van der Waals surface area contributed by atoms with Gasteiger partial charge in [-0.2, -0.15) is 0 Å². The quantitative estimate of drug-likeness (QED) is 0.827. The third-order valence-corrected chi connectivity index (χ3v) is 3.14. The summed E-state index contributed by atoms with van der Waals surface area (Å²) in [5.74, 6) is 0.690. The molecular weight excluding hydrogens is 274 g/mol. The Hall–Kier alpha value is -2.55. The predicted octanol–water partition coefficient (Wildman–Crippen LogP) is 3.59. The van der Waals surface area contributed by atoms with E-state index in [9.17, 15) is 4.79 Å². The Bertz CT molecular complexity index is 618. The molecule has 0 aliphatic carbocycles. The molecule has 3 nitrogen and oxygen atoms in total. The SMILES string of the molecule is Cc1ccc(OC[C@H](C)NC(=O)/C=C/c2ccccc2)cc1. The Morgan fingerprint density at radius 2 is 1.82 bits per heavy atom. The van der Waals surface area contributed by atoms with Crippen LogP contribution >= 0.6 is 0 Å². The van der Waals surface area contributed by atoms with Gasteiger partial charge < -0.3 is 10.1 Å². The van der Waals surface area contributed by atoms with Gasteiger partial charge in [0, 0.05) is 6.08 Å². The van der Waals surface area contributed by atoms with Crippen LogP contribution in [0.15, 0.2) is 60.7 Å². The van der Waals surface area contributed by atoms with Crippen LogP contribution in [0.1, 0.15) is 18.1 Å². The highest BCUT2D eigenvalue weighted by molar-refractivity contribution is 5.91. The summed E-state index contributed by atoms with van der Waals surface area (Å²) >= 11 is 0. The lowest BCUT2D eigenvalue weighted by Gasteiger charge is -2.14. The molecule has 2 aromatic carbocycles. The molecule has 0 unspecified atom stereocenters. The summed E-state index contributed by atoms with van der Waals surface area (Å²) in [6.45, 7) is 4.39. The lowest BCUT2D eigenvalue weighted by Crippen LogP contribution is -2.35. The number of nitrogens with one attached hydrogen (secondary N) is 1. The second kappa shape index (κ2) is 8.03. The molecule has 2 rings (SSSR count). The van der Waals surface area contributed by atoms with Gasteiger partial charge in [0.15, 0.2) is 0 Å². The summed E-state index contributed by atoms with van der Waals surface area (Å²) in [6.07, 6.45) is 3.33. The molecule has 0 heterocycles. The Labute approximate surface area is 131 Å². The van der Waals surface area contributed by atoms with E-state index < -0.39 is 0 Å². The fraction of sp³-hybridized carbons (Fsp3) is 0.211.